The van der Waals surface area contributed by atoms with E-state index in [0.29, 0.717) is 6.92 Å². The molecule has 2 saturated heterocycles. The zero-order valence-corrected chi connectivity index (χ0v) is 15.3. The molecule has 2 heterocycles. The maximum atomic E-state index is 11.7. The zero-order chi connectivity index (χ0) is 22.4. The van der Waals surface area contributed by atoms with E-state index >= 15 is 0 Å². The van der Waals surface area contributed by atoms with E-state index in [0.717, 1.165) is 0 Å². The molecule has 0 saturated carbocycles. The van der Waals surface area contributed by atoms with Gasteiger partial charge in [0.25, 0.3) is 0 Å². The van der Waals surface area contributed by atoms with Gasteiger partial charge in [-0.15, -0.1) is 0 Å². The lowest BCUT2D eigenvalue weighted by molar-refractivity contribution is -0.462. The third-order valence-electron chi connectivity index (χ3n) is 5.28. The van der Waals surface area contributed by atoms with Crippen molar-refractivity contribution < 1.29 is 70.1 Å². The van der Waals surface area contributed by atoms with Crippen LogP contribution in [0.2, 0.25) is 0 Å². The number of aliphatic hydroxyl groups is 9. The highest BCUT2D eigenvalue weighted by atomic mass is 16.8. The van der Waals surface area contributed by atoms with Gasteiger partial charge in [-0.3, -0.25) is 0 Å². The Morgan fingerprint density at radius 2 is 1.45 bits per heavy atom. The third-order valence-corrected chi connectivity index (χ3v) is 5.28. The Morgan fingerprint density at radius 1 is 0.931 bits per heavy atom. The van der Waals surface area contributed by atoms with Crippen LogP contribution in [0, 0.1) is 0 Å². The van der Waals surface area contributed by atoms with Gasteiger partial charge in [-0.25, -0.2) is 4.79 Å². The first kappa shape index (κ1) is 24.3. The van der Waals surface area contributed by atoms with Crippen molar-refractivity contribution in [3.63, 3.8) is 0 Å². The lowest BCUT2D eigenvalue weighted by Crippen LogP contribution is -2.78. The van der Waals surface area contributed by atoms with Gasteiger partial charge in [0, 0.05) is 0 Å². The van der Waals surface area contributed by atoms with Crippen molar-refractivity contribution in [3.8, 4) is 0 Å². The molecule has 2 aliphatic heterocycles. The van der Waals surface area contributed by atoms with Crippen LogP contribution in [0.1, 0.15) is 6.92 Å². The molecule has 14 nitrogen and oxygen atoms in total. The van der Waals surface area contributed by atoms with E-state index in [9.17, 15) is 55.9 Å². The van der Waals surface area contributed by atoms with Crippen molar-refractivity contribution in [2.75, 3.05) is 19.8 Å². The largest absolute Gasteiger partial charge is 0.479 e. The molecule has 0 aromatic rings. The fourth-order valence-corrected chi connectivity index (χ4v) is 3.39. The van der Waals surface area contributed by atoms with Gasteiger partial charge in [-0.05, 0) is 6.92 Å². The lowest BCUT2D eigenvalue weighted by atomic mass is 9.81. The van der Waals surface area contributed by atoms with Crippen molar-refractivity contribution in [1.82, 2.24) is 0 Å². The fraction of sp³-hybridized carbons (Fsp3) is 0.933. The van der Waals surface area contributed by atoms with Crippen molar-refractivity contribution in [1.29, 1.82) is 0 Å². The van der Waals surface area contributed by atoms with Gasteiger partial charge < -0.3 is 65.3 Å². The second kappa shape index (κ2) is 8.26. The Bertz CT molecular complexity index is 598. The number of aliphatic carboxylic acids is 1. The van der Waals surface area contributed by atoms with Crippen molar-refractivity contribution in [2.24, 2.45) is 0 Å². The number of carboxylic acids is 1. The Balaban J connectivity index is 2.62. The number of aliphatic hydroxyl groups excluding tert-OH is 8. The molecule has 10 N–H and O–H groups in total. The van der Waals surface area contributed by atoms with Crippen molar-refractivity contribution in [2.45, 2.75) is 66.8 Å². The monoisotopic (exact) mass is 430 g/mol. The minimum absolute atomic E-state index is 0.587. The smallest absolute Gasteiger partial charge is 0.341 e. The van der Waals surface area contributed by atoms with E-state index in [1.807, 2.05) is 0 Å². The maximum absolute atomic E-state index is 11.7. The molecule has 14 heteroatoms. The molecule has 0 spiro atoms. The van der Waals surface area contributed by atoms with Crippen LogP contribution in [-0.4, -0.2) is 137 Å². The van der Waals surface area contributed by atoms with Crippen molar-refractivity contribution >= 4 is 5.97 Å². The van der Waals surface area contributed by atoms with Crippen LogP contribution in [0.15, 0.2) is 0 Å². The van der Waals surface area contributed by atoms with Crippen LogP contribution in [0.5, 0.6) is 0 Å². The summed E-state index contributed by atoms with van der Waals surface area (Å²) in [6.07, 6.45) is -14.0. The topological polar surface area (TPSA) is 247 Å². The summed E-state index contributed by atoms with van der Waals surface area (Å²) in [5.41, 5.74) is -3.23. The number of carbonyl (C=O) groups is 1. The highest BCUT2D eigenvalue weighted by molar-refractivity contribution is 5.78. The summed E-state index contributed by atoms with van der Waals surface area (Å²) in [6, 6.07) is 0. The van der Waals surface area contributed by atoms with Crippen LogP contribution >= 0.6 is 0 Å². The molecule has 2 aliphatic rings. The highest BCUT2D eigenvalue weighted by Crippen LogP contribution is 2.45. The van der Waals surface area contributed by atoms with Gasteiger partial charge in [-0.1, -0.05) is 0 Å². The van der Waals surface area contributed by atoms with Gasteiger partial charge in [0.05, 0.1) is 13.2 Å². The minimum Gasteiger partial charge on any atom is -0.479 e. The molecule has 2 rings (SSSR count). The molecule has 2 unspecified atom stereocenters. The first-order valence-corrected chi connectivity index (χ1v) is 8.59. The quantitative estimate of drug-likeness (QED) is 0.180. The first-order valence-electron chi connectivity index (χ1n) is 8.59. The van der Waals surface area contributed by atoms with Crippen LogP contribution in [-0.2, 0) is 19.0 Å². The maximum Gasteiger partial charge on any atom is 0.341 e. The standard InChI is InChI=1S/C15H26O14/c1-13(26,12(24)25)15(11(23)9(21)7(19)5(2-16)28-15)29-14(4-18)10(22)8(20)6(3-17)27-14/h5-11,16-23,26H,2-4H2,1H3,(H,24,25)/t5-,6-,7-,8-,9+,10+,11-,13?,14?,15-/m1/s1. The van der Waals surface area contributed by atoms with Gasteiger partial charge in [0.15, 0.2) is 0 Å². The second-order valence-corrected chi connectivity index (χ2v) is 7.16. The Morgan fingerprint density at radius 3 is 1.86 bits per heavy atom. The van der Waals surface area contributed by atoms with E-state index in [1.54, 1.807) is 0 Å². The molecule has 0 aliphatic carbocycles. The van der Waals surface area contributed by atoms with Crippen LogP contribution in [0.3, 0.4) is 0 Å². The number of ether oxygens (including phenoxy) is 3. The molecular weight excluding hydrogens is 404 g/mol. The number of hydrogen-bond acceptors (Lipinski definition) is 13. The molecule has 0 amide bonds. The van der Waals surface area contributed by atoms with Crippen LogP contribution in [0.4, 0.5) is 0 Å². The summed E-state index contributed by atoms with van der Waals surface area (Å²) in [6.45, 7) is -2.60. The van der Waals surface area contributed by atoms with E-state index < -0.39 is 85.7 Å². The molecular formula is C15H26O14. The third kappa shape index (κ3) is 3.54. The summed E-state index contributed by atoms with van der Waals surface area (Å²) in [5.74, 6) is -8.04. The van der Waals surface area contributed by atoms with Crippen LogP contribution in [0.25, 0.3) is 0 Å². The van der Waals surface area contributed by atoms with Gasteiger partial charge in [0.1, 0.15) is 49.3 Å². The number of hydrogen-bond donors (Lipinski definition) is 10. The molecule has 0 bridgehead atoms. The average Bonchev–Trinajstić information content (AvgIpc) is 2.93. The van der Waals surface area contributed by atoms with Gasteiger partial charge in [-0.2, -0.15) is 0 Å². The predicted octanol–water partition coefficient (Wildman–Crippen LogP) is -6.19. The Labute approximate surface area is 163 Å². The molecule has 0 aromatic carbocycles. The first-order chi connectivity index (χ1) is 13.3. The SMILES string of the molecule is CC(O)(C(=O)O)[C@@]1(OC2(CO)O[C@H](CO)[C@@H](O)[C@@H]2O)O[C@H](CO)[C@@H](O)[C@H](O)[C@H]1O. The summed E-state index contributed by atoms with van der Waals surface area (Å²) in [4.78, 5) is 11.7. The summed E-state index contributed by atoms with van der Waals surface area (Å²) >= 11 is 0. The molecule has 2 fully saturated rings. The zero-order valence-electron chi connectivity index (χ0n) is 15.3. The fourth-order valence-electron chi connectivity index (χ4n) is 3.39. The normalized spacial score (nSPS) is 47.7. The second-order valence-electron chi connectivity index (χ2n) is 7.16. The van der Waals surface area contributed by atoms with E-state index in [-0.39, 0.29) is 0 Å². The van der Waals surface area contributed by atoms with E-state index in [1.165, 1.54) is 0 Å². The summed E-state index contributed by atoms with van der Waals surface area (Å²) in [5, 5.41) is 99.3. The summed E-state index contributed by atoms with van der Waals surface area (Å²) in [7, 11) is 0. The van der Waals surface area contributed by atoms with E-state index in [2.05, 4.69) is 0 Å². The number of rotatable bonds is 7. The molecule has 10 atom stereocenters. The Kier molecular flexibility index (Phi) is 6.91. The Hall–Kier alpha value is -1.01. The van der Waals surface area contributed by atoms with Crippen molar-refractivity contribution in [3.05, 3.63) is 0 Å². The molecule has 29 heavy (non-hydrogen) atoms. The molecule has 170 valence electrons. The van der Waals surface area contributed by atoms with Gasteiger partial charge >= 0.3 is 5.97 Å². The van der Waals surface area contributed by atoms with Crippen LogP contribution < -0.4 is 0 Å². The van der Waals surface area contributed by atoms with E-state index in [4.69, 9.17) is 14.2 Å². The summed E-state index contributed by atoms with van der Waals surface area (Å²) < 4.78 is 15.6. The minimum atomic E-state index is -3.24. The number of carboxylic acid groups (broad SMARTS) is 1. The predicted molar refractivity (Wildman–Crippen MR) is 85.8 cm³/mol. The average molecular weight is 430 g/mol. The van der Waals surface area contributed by atoms with Gasteiger partial charge in [0.2, 0.25) is 17.2 Å². The highest BCUT2D eigenvalue weighted by Gasteiger charge is 2.71. The lowest BCUT2D eigenvalue weighted by Gasteiger charge is -2.54. The molecule has 0 aromatic heterocycles. The molecule has 0 radical (unpaired) electrons.